The van der Waals surface area contributed by atoms with Crippen LogP contribution in [0.3, 0.4) is 0 Å². The van der Waals surface area contributed by atoms with Crippen molar-refractivity contribution in [2.75, 3.05) is 33.4 Å². The fourth-order valence-electron chi connectivity index (χ4n) is 3.34. The van der Waals surface area contributed by atoms with Gasteiger partial charge in [0.15, 0.2) is 0 Å². The lowest BCUT2D eigenvalue weighted by atomic mass is 10.1. The van der Waals surface area contributed by atoms with Crippen LogP contribution in [0, 0.1) is 0 Å². The topological polar surface area (TPSA) is 47.5 Å². The summed E-state index contributed by atoms with van der Waals surface area (Å²) < 4.78 is 11.4. The molecule has 0 atom stereocenters. The van der Waals surface area contributed by atoms with Crippen molar-refractivity contribution in [2.45, 2.75) is 39.2 Å². The fourth-order valence-corrected chi connectivity index (χ4v) is 3.34. The summed E-state index contributed by atoms with van der Waals surface area (Å²) in [6.45, 7) is 6.87. The number of aromatic nitrogens is 2. The fraction of sp³-hybridized carbons (Fsp3) is 0.524. The molecule has 26 heavy (non-hydrogen) atoms. The quantitative estimate of drug-likeness (QED) is 0.646. The molecule has 0 amide bonds. The molecule has 3 rings (SSSR count). The van der Waals surface area contributed by atoms with Crippen molar-refractivity contribution in [2.24, 2.45) is 0 Å². The Morgan fingerprint density at radius 1 is 1.15 bits per heavy atom. The van der Waals surface area contributed by atoms with E-state index in [-0.39, 0.29) is 0 Å². The van der Waals surface area contributed by atoms with E-state index >= 15 is 0 Å². The van der Waals surface area contributed by atoms with Crippen LogP contribution in [0.1, 0.15) is 42.4 Å². The predicted octanol–water partition coefficient (Wildman–Crippen LogP) is 3.25. The zero-order valence-corrected chi connectivity index (χ0v) is 15.9. The van der Waals surface area contributed by atoms with Gasteiger partial charge < -0.3 is 14.4 Å². The molecule has 1 aliphatic heterocycles. The highest BCUT2D eigenvalue weighted by Gasteiger charge is 2.11. The molecule has 1 aliphatic rings. The van der Waals surface area contributed by atoms with Gasteiger partial charge >= 0.3 is 0 Å². The van der Waals surface area contributed by atoms with E-state index < -0.39 is 0 Å². The molecule has 0 saturated carbocycles. The van der Waals surface area contributed by atoms with E-state index in [0.717, 1.165) is 48.8 Å². The third-order valence-electron chi connectivity index (χ3n) is 4.84. The molecular weight excluding hydrogens is 326 g/mol. The van der Waals surface area contributed by atoms with Gasteiger partial charge in [-0.15, -0.1) is 0 Å². The molecule has 0 spiro atoms. The minimum absolute atomic E-state index is 0.570. The van der Waals surface area contributed by atoms with E-state index in [1.54, 1.807) is 7.11 Å². The second kappa shape index (κ2) is 9.64. The van der Waals surface area contributed by atoms with Crippen molar-refractivity contribution < 1.29 is 9.47 Å². The maximum absolute atomic E-state index is 5.91. The zero-order chi connectivity index (χ0) is 18.2. The van der Waals surface area contributed by atoms with Gasteiger partial charge in [-0.3, -0.25) is 0 Å². The van der Waals surface area contributed by atoms with E-state index in [1.165, 1.54) is 31.5 Å². The molecular formula is C21H29N3O2. The molecule has 1 saturated heterocycles. The van der Waals surface area contributed by atoms with Crippen LogP contribution >= 0.6 is 0 Å². The average Bonchev–Trinajstić information content (AvgIpc) is 3.19. The second-order valence-electron chi connectivity index (χ2n) is 6.74. The summed E-state index contributed by atoms with van der Waals surface area (Å²) in [5.74, 6) is 1.73. The van der Waals surface area contributed by atoms with Gasteiger partial charge in [0.2, 0.25) is 0 Å². The van der Waals surface area contributed by atoms with Gasteiger partial charge in [-0.2, -0.15) is 0 Å². The van der Waals surface area contributed by atoms with Crippen LogP contribution in [0.4, 0.5) is 0 Å². The van der Waals surface area contributed by atoms with E-state index in [4.69, 9.17) is 9.47 Å². The minimum atomic E-state index is 0.570. The van der Waals surface area contributed by atoms with Crippen LogP contribution in [0.15, 0.2) is 30.5 Å². The van der Waals surface area contributed by atoms with Crippen molar-refractivity contribution in [3.05, 3.63) is 53.1 Å². The highest BCUT2D eigenvalue weighted by molar-refractivity contribution is 5.37. The lowest BCUT2D eigenvalue weighted by Crippen LogP contribution is -2.23. The molecule has 1 fully saturated rings. The maximum Gasteiger partial charge on any atom is 0.132 e. The second-order valence-corrected chi connectivity index (χ2v) is 6.74. The molecule has 1 aromatic heterocycles. The Hall–Kier alpha value is -1.98. The highest BCUT2D eigenvalue weighted by Crippen LogP contribution is 2.22. The molecule has 5 nitrogen and oxygen atoms in total. The molecule has 0 radical (unpaired) electrons. The van der Waals surface area contributed by atoms with E-state index in [0.29, 0.717) is 6.61 Å². The van der Waals surface area contributed by atoms with E-state index in [1.807, 2.05) is 18.3 Å². The highest BCUT2D eigenvalue weighted by atomic mass is 16.5. The van der Waals surface area contributed by atoms with Crippen molar-refractivity contribution >= 4 is 0 Å². The van der Waals surface area contributed by atoms with Crippen molar-refractivity contribution in [1.82, 2.24) is 14.9 Å². The number of aryl methyl sites for hydroxylation is 1. The first-order valence-electron chi connectivity index (χ1n) is 9.55. The normalized spacial score (nSPS) is 14.7. The molecule has 140 valence electrons. The maximum atomic E-state index is 5.91. The van der Waals surface area contributed by atoms with Gasteiger partial charge in [-0.25, -0.2) is 9.97 Å². The van der Waals surface area contributed by atoms with Gasteiger partial charge in [0, 0.05) is 30.4 Å². The van der Waals surface area contributed by atoms with Crippen LogP contribution in [0.25, 0.3) is 0 Å². The number of likely N-dealkylation sites (tertiary alicyclic amines) is 1. The summed E-state index contributed by atoms with van der Waals surface area (Å²) in [7, 11) is 1.70. The van der Waals surface area contributed by atoms with Crippen LogP contribution in [0.5, 0.6) is 5.75 Å². The number of benzene rings is 1. The molecule has 5 heteroatoms. The van der Waals surface area contributed by atoms with Gasteiger partial charge in [0.1, 0.15) is 11.6 Å². The Labute approximate surface area is 156 Å². The number of rotatable bonds is 9. The number of hydrogen-bond donors (Lipinski definition) is 0. The van der Waals surface area contributed by atoms with Gasteiger partial charge in [-0.1, -0.05) is 13.0 Å². The van der Waals surface area contributed by atoms with Gasteiger partial charge in [0.05, 0.1) is 20.3 Å². The molecule has 0 unspecified atom stereocenters. The monoisotopic (exact) mass is 355 g/mol. The van der Waals surface area contributed by atoms with Gasteiger partial charge in [0.25, 0.3) is 0 Å². The molecule has 2 aromatic rings. The summed E-state index contributed by atoms with van der Waals surface area (Å²) in [6.07, 6.45) is 6.12. The summed E-state index contributed by atoms with van der Waals surface area (Å²) >= 11 is 0. The molecule has 2 heterocycles. The third-order valence-corrected chi connectivity index (χ3v) is 4.84. The van der Waals surface area contributed by atoms with Crippen molar-refractivity contribution in [3.8, 4) is 5.75 Å². The molecule has 0 aliphatic carbocycles. The predicted molar refractivity (Wildman–Crippen MR) is 103 cm³/mol. The van der Waals surface area contributed by atoms with Crippen molar-refractivity contribution in [3.63, 3.8) is 0 Å². The van der Waals surface area contributed by atoms with Crippen LogP contribution in [-0.4, -0.2) is 48.2 Å². The third kappa shape index (κ3) is 5.26. The smallest absolute Gasteiger partial charge is 0.132 e. The number of methoxy groups -OCH3 is 1. The lowest BCUT2D eigenvalue weighted by molar-refractivity contribution is 0.0978. The Morgan fingerprint density at radius 3 is 2.77 bits per heavy atom. The molecule has 1 aromatic carbocycles. The number of hydrogen-bond acceptors (Lipinski definition) is 5. The first kappa shape index (κ1) is 18.8. The first-order valence-corrected chi connectivity index (χ1v) is 9.55. The Morgan fingerprint density at radius 2 is 2.00 bits per heavy atom. The molecule has 0 bridgehead atoms. The van der Waals surface area contributed by atoms with Crippen molar-refractivity contribution in [1.29, 1.82) is 0 Å². The summed E-state index contributed by atoms with van der Waals surface area (Å²) in [5, 5.41) is 0. The Balaban J connectivity index is 1.59. The standard InChI is InChI=1S/C21H29N3O2/c1-3-19-8-9-22-21(23-19)15-17-6-7-20(25-2)18(14-17)16-26-13-12-24-10-4-5-11-24/h6-9,14H,3-5,10-13,15-16H2,1-2H3. The summed E-state index contributed by atoms with van der Waals surface area (Å²) in [6, 6.07) is 8.21. The average molecular weight is 355 g/mol. The SMILES string of the molecule is CCc1ccnc(Cc2ccc(OC)c(COCCN3CCCC3)c2)n1. The summed E-state index contributed by atoms with van der Waals surface area (Å²) in [5.41, 5.74) is 3.34. The first-order chi connectivity index (χ1) is 12.8. The van der Waals surface area contributed by atoms with Crippen LogP contribution < -0.4 is 4.74 Å². The largest absolute Gasteiger partial charge is 0.496 e. The van der Waals surface area contributed by atoms with Gasteiger partial charge in [-0.05, 0) is 56.1 Å². The van der Waals surface area contributed by atoms with E-state index in [9.17, 15) is 0 Å². The van der Waals surface area contributed by atoms with Crippen LogP contribution in [0.2, 0.25) is 0 Å². The lowest BCUT2D eigenvalue weighted by Gasteiger charge is -2.15. The number of nitrogens with zero attached hydrogens (tertiary/aromatic N) is 3. The van der Waals surface area contributed by atoms with Crippen LogP contribution in [-0.2, 0) is 24.2 Å². The Bertz CT molecular complexity index is 699. The molecule has 0 N–H and O–H groups in total. The minimum Gasteiger partial charge on any atom is -0.496 e. The summed E-state index contributed by atoms with van der Waals surface area (Å²) in [4.78, 5) is 11.5. The van der Waals surface area contributed by atoms with E-state index in [2.05, 4.69) is 33.9 Å². The zero-order valence-electron chi connectivity index (χ0n) is 15.9. The Kier molecular flexibility index (Phi) is 6.97. The number of ether oxygens (including phenoxy) is 2.